The molecule has 0 spiro atoms. The summed E-state index contributed by atoms with van der Waals surface area (Å²) in [4.78, 5) is 12.8. The molecule has 1 saturated carbocycles. The summed E-state index contributed by atoms with van der Waals surface area (Å²) in [6.07, 6.45) is 0. The largest absolute Gasteiger partial charge is 0.497 e. The van der Waals surface area contributed by atoms with Gasteiger partial charge in [0.15, 0.2) is 10.8 Å². The van der Waals surface area contributed by atoms with Crippen molar-refractivity contribution >= 4 is 5.91 Å². The predicted molar refractivity (Wildman–Crippen MR) is 90.8 cm³/mol. The normalized spacial score (nSPS) is 37.0. The topological polar surface area (TPSA) is 136 Å². The Labute approximate surface area is 152 Å². The third-order valence-electron chi connectivity index (χ3n) is 6.40. The molecule has 1 amide bonds. The third kappa shape index (κ3) is 1.70. The van der Waals surface area contributed by atoms with E-state index in [0.29, 0.717) is 11.3 Å². The fourth-order valence-corrected chi connectivity index (χ4v) is 4.81. The number of fused-ring (bicyclic) bond motifs is 2. The smallest absolute Gasteiger partial charge is 0.245 e. The van der Waals surface area contributed by atoms with Gasteiger partial charge in [0.2, 0.25) is 5.91 Å². The number of amides is 1. The molecule has 0 radical (unpaired) electrons. The fraction of sp³-hybridized carbons (Fsp3) is 0.474. The summed E-state index contributed by atoms with van der Waals surface area (Å²) in [7, 11) is 1.54. The van der Waals surface area contributed by atoms with Gasteiger partial charge >= 0.3 is 0 Å². The SMILES string of the molecule is COc1ccc([C@H]2[C@@H](C)[C@@]3(N)NC(=O)[C@@](C#N)([C@@H]3C)C2(C#N)C#N)cc1. The first-order valence-corrected chi connectivity index (χ1v) is 8.28. The van der Waals surface area contributed by atoms with Crippen LogP contribution in [0.1, 0.15) is 25.3 Å². The lowest BCUT2D eigenvalue weighted by Gasteiger charge is -2.52. The molecule has 7 nitrogen and oxygen atoms in total. The Kier molecular flexibility index (Phi) is 3.72. The van der Waals surface area contributed by atoms with Crippen LogP contribution in [0.2, 0.25) is 0 Å². The third-order valence-corrected chi connectivity index (χ3v) is 6.40. The van der Waals surface area contributed by atoms with Gasteiger partial charge in [-0.2, -0.15) is 15.8 Å². The van der Waals surface area contributed by atoms with E-state index in [1.165, 1.54) is 7.11 Å². The van der Waals surface area contributed by atoms with E-state index < -0.39 is 40.2 Å². The van der Waals surface area contributed by atoms with Gasteiger partial charge < -0.3 is 15.8 Å². The zero-order valence-corrected chi connectivity index (χ0v) is 14.8. The second-order valence-electron chi connectivity index (χ2n) is 7.10. The number of nitrogens with zero attached hydrogens (tertiary/aromatic N) is 3. The molecule has 1 aromatic carbocycles. The number of hydrogen-bond acceptors (Lipinski definition) is 6. The zero-order chi connectivity index (χ0) is 19.3. The van der Waals surface area contributed by atoms with Gasteiger partial charge in [-0.05, 0) is 17.7 Å². The molecule has 2 aliphatic rings. The minimum atomic E-state index is -1.86. The summed E-state index contributed by atoms with van der Waals surface area (Å²) in [5.41, 5.74) is 2.30. The van der Waals surface area contributed by atoms with Crippen LogP contribution in [-0.4, -0.2) is 18.7 Å². The molecular formula is C19H19N5O2. The van der Waals surface area contributed by atoms with Crippen LogP contribution in [0.4, 0.5) is 0 Å². The average Bonchev–Trinajstić information content (AvgIpc) is 2.83. The van der Waals surface area contributed by atoms with Gasteiger partial charge in [-0.1, -0.05) is 26.0 Å². The van der Waals surface area contributed by atoms with Crippen molar-refractivity contribution in [2.24, 2.45) is 28.4 Å². The van der Waals surface area contributed by atoms with E-state index in [1.807, 2.05) is 25.1 Å². The molecule has 5 atom stereocenters. The maximum absolute atomic E-state index is 12.8. The molecule has 3 rings (SSSR count). The number of carbonyl (C=O) groups is 1. The van der Waals surface area contributed by atoms with Crippen LogP contribution in [-0.2, 0) is 4.79 Å². The lowest BCUT2D eigenvalue weighted by atomic mass is 9.45. The molecule has 0 unspecified atom stereocenters. The quantitative estimate of drug-likeness (QED) is 0.828. The van der Waals surface area contributed by atoms with E-state index in [-0.39, 0.29) is 0 Å². The highest BCUT2D eigenvalue weighted by Gasteiger charge is 2.79. The molecule has 26 heavy (non-hydrogen) atoms. The van der Waals surface area contributed by atoms with Crippen molar-refractivity contribution in [3.05, 3.63) is 29.8 Å². The number of rotatable bonds is 2. The van der Waals surface area contributed by atoms with Crippen LogP contribution in [0.5, 0.6) is 5.75 Å². The Bertz CT molecular complexity index is 876. The molecule has 2 bridgehead atoms. The van der Waals surface area contributed by atoms with Crippen LogP contribution < -0.4 is 15.8 Å². The second-order valence-corrected chi connectivity index (χ2v) is 7.10. The van der Waals surface area contributed by atoms with Crippen LogP contribution >= 0.6 is 0 Å². The van der Waals surface area contributed by atoms with Gasteiger partial charge in [0.05, 0.1) is 31.0 Å². The number of nitriles is 3. The van der Waals surface area contributed by atoms with E-state index in [9.17, 15) is 20.6 Å². The number of nitrogens with one attached hydrogen (secondary N) is 1. The zero-order valence-electron chi connectivity index (χ0n) is 14.8. The van der Waals surface area contributed by atoms with E-state index in [1.54, 1.807) is 31.2 Å². The Balaban J connectivity index is 2.33. The standard InChI is InChI=1S/C19H19N5O2/c1-11-15(13-4-6-14(26-3)7-5-13)17(8-20,9-21)18(10-22)12(2)19(11,23)24-16(18)25/h4-7,11-12,15H,23H2,1-3H3,(H,24,25)/t11-,12+,15-,18-,19-/m1/s1. The van der Waals surface area contributed by atoms with Gasteiger partial charge in [-0.3, -0.25) is 4.79 Å². The van der Waals surface area contributed by atoms with E-state index in [0.717, 1.165) is 0 Å². The van der Waals surface area contributed by atoms with Crippen molar-refractivity contribution in [3.63, 3.8) is 0 Å². The average molecular weight is 349 g/mol. The highest BCUT2D eigenvalue weighted by molar-refractivity contribution is 5.93. The summed E-state index contributed by atoms with van der Waals surface area (Å²) in [6, 6.07) is 13.0. The molecule has 1 aromatic rings. The molecule has 1 aliphatic carbocycles. The van der Waals surface area contributed by atoms with Gasteiger partial charge in [-0.25, -0.2) is 0 Å². The number of methoxy groups -OCH3 is 1. The highest BCUT2D eigenvalue weighted by Crippen LogP contribution is 2.66. The summed E-state index contributed by atoms with van der Waals surface area (Å²) in [6.45, 7) is 3.47. The summed E-state index contributed by atoms with van der Waals surface area (Å²) in [5, 5.41) is 32.8. The summed E-state index contributed by atoms with van der Waals surface area (Å²) >= 11 is 0. The molecule has 1 saturated heterocycles. The van der Waals surface area contributed by atoms with Gasteiger partial charge in [0.25, 0.3) is 0 Å². The predicted octanol–water partition coefficient (Wildman–Crippen LogP) is 1.39. The Morgan fingerprint density at radius 1 is 1.12 bits per heavy atom. The van der Waals surface area contributed by atoms with Crippen LogP contribution in [0, 0.1) is 56.7 Å². The van der Waals surface area contributed by atoms with Crippen molar-refractivity contribution in [3.8, 4) is 24.0 Å². The minimum Gasteiger partial charge on any atom is -0.497 e. The molecule has 3 N–H and O–H groups in total. The van der Waals surface area contributed by atoms with Crippen molar-refractivity contribution in [2.75, 3.05) is 7.11 Å². The van der Waals surface area contributed by atoms with Crippen LogP contribution in [0.15, 0.2) is 24.3 Å². The van der Waals surface area contributed by atoms with Gasteiger partial charge in [0, 0.05) is 17.8 Å². The van der Waals surface area contributed by atoms with Gasteiger partial charge in [0.1, 0.15) is 5.75 Å². The number of carbonyl (C=O) groups excluding carboxylic acids is 1. The fourth-order valence-electron chi connectivity index (χ4n) is 4.81. The summed E-state index contributed by atoms with van der Waals surface area (Å²) in [5.74, 6) is -1.89. The number of ether oxygens (including phenoxy) is 1. The van der Waals surface area contributed by atoms with Crippen molar-refractivity contribution in [2.45, 2.75) is 25.4 Å². The minimum absolute atomic E-state index is 0.446. The molecule has 2 fully saturated rings. The number of benzene rings is 1. The first-order valence-electron chi connectivity index (χ1n) is 8.28. The molecule has 132 valence electrons. The second kappa shape index (κ2) is 5.46. The van der Waals surface area contributed by atoms with Crippen molar-refractivity contribution in [1.82, 2.24) is 5.32 Å². The van der Waals surface area contributed by atoms with Crippen LogP contribution in [0.3, 0.4) is 0 Å². The van der Waals surface area contributed by atoms with Crippen molar-refractivity contribution < 1.29 is 9.53 Å². The molecule has 1 aliphatic heterocycles. The monoisotopic (exact) mass is 349 g/mol. The maximum Gasteiger partial charge on any atom is 0.245 e. The lowest BCUT2D eigenvalue weighted by molar-refractivity contribution is -0.129. The van der Waals surface area contributed by atoms with Crippen molar-refractivity contribution in [1.29, 1.82) is 15.8 Å². The van der Waals surface area contributed by atoms with E-state index in [2.05, 4.69) is 5.32 Å². The first-order chi connectivity index (χ1) is 12.3. The Morgan fingerprint density at radius 3 is 2.15 bits per heavy atom. The molecule has 1 heterocycles. The lowest BCUT2D eigenvalue weighted by Crippen LogP contribution is -2.66. The Hall–Kier alpha value is -3.08. The summed E-state index contributed by atoms with van der Waals surface area (Å²) < 4.78 is 5.16. The highest BCUT2D eigenvalue weighted by atomic mass is 16.5. The van der Waals surface area contributed by atoms with E-state index in [4.69, 9.17) is 10.5 Å². The number of hydrogen-bond donors (Lipinski definition) is 2. The molecule has 7 heteroatoms. The maximum atomic E-state index is 12.8. The van der Waals surface area contributed by atoms with Crippen LogP contribution in [0.25, 0.3) is 0 Å². The molecular weight excluding hydrogens is 330 g/mol. The van der Waals surface area contributed by atoms with E-state index >= 15 is 0 Å². The first kappa shape index (κ1) is 17.7. The molecule has 0 aromatic heterocycles. The van der Waals surface area contributed by atoms with Gasteiger partial charge in [-0.15, -0.1) is 0 Å². The number of nitrogens with two attached hydrogens (primary N) is 1. The Morgan fingerprint density at radius 2 is 1.69 bits per heavy atom.